The van der Waals surface area contributed by atoms with Crippen molar-refractivity contribution < 1.29 is 4.79 Å². The van der Waals surface area contributed by atoms with E-state index in [9.17, 15) is 4.79 Å². The second-order valence-electron chi connectivity index (χ2n) is 4.92. The second-order valence-corrected chi connectivity index (χ2v) is 4.92. The van der Waals surface area contributed by atoms with Gasteiger partial charge in [-0.15, -0.1) is 0 Å². The SMILES string of the molecule is Cc1cccc(C(=O)CN2CCC(C)C2)c1. The molecule has 0 saturated carbocycles. The smallest absolute Gasteiger partial charge is 0.176 e. The lowest BCUT2D eigenvalue weighted by Crippen LogP contribution is -2.27. The maximum absolute atomic E-state index is 12.0. The first-order valence-electron chi connectivity index (χ1n) is 5.97. The van der Waals surface area contributed by atoms with Crippen LogP contribution in [-0.4, -0.2) is 30.3 Å². The van der Waals surface area contributed by atoms with Crippen LogP contribution in [0.5, 0.6) is 0 Å². The number of hydrogen-bond acceptors (Lipinski definition) is 2. The summed E-state index contributed by atoms with van der Waals surface area (Å²) in [5.41, 5.74) is 2.00. The number of Topliss-reactive ketones (excluding diaryl/α,β-unsaturated/α-hetero) is 1. The third-order valence-corrected chi connectivity index (χ3v) is 3.22. The minimum absolute atomic E-state index is 0.248. The molecule has 1 atom stereocenters. The molecule has 86 valence electrons. The Hall–Kier alpha value is -1.15. The standard InChI is InChI=1S/C14H19NO/c1-11-4-3-5-13(8-11)14(16)10-15-7-6-12(2)9-15/h3-5,8,12H,6-7,9-10H2,1-2H3. The van der Waals surface area contributed by atoms with Crippen LogP contribution in [0.1, 0.15) is 29.3 Å². The molecule has 0 bridgehead atoms. The van der Waals surface area contributed by atoms with Crippen molar-refractivity contribution in [2.45, 2.75) is 20.3 Å². The van der Waals surface area contributed by atoms with E-state index in [4.69, 9.17) is 0 Å². The fourth-order valence-corrected chi connectivity index (χ4v) is 2.28. The van der Waals surface area contributed by atoms with Gasteiger partial charge in [-0.2, -0.15) is 0 Å². The van der Waals surface area contributed by atoms with E-state index in [1.807, 2.05) is 31.2 Å². The van der Waals surface area contributed by atoms with Gasteiger partial charge in [0.2, 0.25) is 0 Å². The summed E-state index contributed by atoms with van der Waals surface area (Å²) >= 11 is 0. The molecule has 0 aliphatic carbocycles. The van der Waals surface area contributed by atoms with Crippen LogP contribution in [0.3, 0.4) is 0 Å². The molecule has 2 heteroatoms. The van der Waals surface area contributed by atoms with Crippen LogP contribution >= 0.6 is 0 Å². The molecule has 1 aliphatic heterocycles. The third-order valence-electron chi connectivity index (χ3n) is 3.22. The van der Waals surface area contributed by atoms with Crippen LogP contribution in [0.2, 0.25) is 0 Å². The molecule has 1 saturated heterocycles. The first-order valence-corrected chi connectivity index (χ1v) is 5.97. The molecular weight excluding hydrogens is 198 g/mol. The number of carbonyl (C=O) groups excluding carboxylic acids is 1. The molecule has 1 aromatic rings. The minimum atomic E-state index is 0.248. The highest BCUT2D eigenvalue weighted by Gasteiger charge is 2.20. The van der Waals surface area contributed by atoms with Crippen LogP contribution in [0.15, 0.2) is 24.3 Å². The van der Waals surface area contributed by atoms with E-state index in [1.54, 1.807) is 0 Å². The van der Waals surface area contributed by atoms with Crippen molar-refractivity contribution in [3.8, 4) is 0 Å². The highest BCUT2D eigenvalue weighted by atomic mass is 16.1. The Kier molecular flexibility index (Phi) is 3.39. The predicted molar refractivity (Wildman–Crippen MR) is 65.7 cm³/mol. The molecule has 2 rings (SSSR count). The zero-order valence-electron chi connectivity index (χ0n) is 10.1. The largest absolute Gasteiger partial charge is 0.296 e. The molecule has 0 spiro atoms. The maximum Gasteiger partial charge on any atom is 0.176 e. The summed E-state index contributed by atoms with van der Waals surface area (Å²) in [5.74, 6) is 0.989. The summed E-state index contributed by atoms with van der Waals surface area (Å²) in [5, 5.41) is 0. The van der Waals surface area contributed by atoms with E-state index in [2.05, 4.69) is 11.8 Å². The molecule has 2 nitrogen and oxygen atoms in total. The topological polar surface area (TPSA) is 20.3 Å². The van der Waals surface area contributed by atoms with Gasteiger partial charge in [-0.25, -0.2) is 0 Å². The molecule has 0 N–H and O–H groups in total. The van der Waals surface area contributed by atoms with Gasteiger partial charge in [-0.3, -0.25) is 9.69 Å². The molecule has 1 unspecified atom stereocenters. The fraction of sp³-hybridized carbons (Fsp3) is 0.500. The van der Waals surface area contributed by atoms with Gasteiger partial charge < -0.3 is 0 Å². The molecular formula is C14H19NO. The van der Waals surface area contributed by atoms with E-state index in [-0.39, 0.29) is 5.78 Å². The van der Waals surface area contributed by atoms with Gasteiger partial charge in [0.1, 0.15) is 0 Å². The summed E-state index contributed by atoms with van der Waals surface area (Å²) in [4.78, 5) is 14.3. The molecule has 1 aromatic carbocycles. The zero-order valence-corrected chi connectivity index (χ0v) is 10.1. The second kappa shape index (κ2) is 4.79. The zero-order chi connectivity index (χ0) is 11.5. The lowest BCUT2D eigenvalue weighted by molar-refractivity contribution is 0.0943. The first-order chi connectivity index (χ1) is 7.65. The van der Waals surface area contributed by atoms with Crippen molar-refractivity contribution >= 4 is 5.78 Å². The van der Waals surface area contributed by atoms with Gasteiger partial charge in [0.15, 0.2) is 5.78 Å². The Morgan fingerprint density at radius 3 is 2.94 bits per heavy atom. The average Bonchev–Trinajstić information content (AvgIpc) is 2.64. The molecule has 1 fully saturated rings. The Morgan fingerprint density at radius 2 is 2.31 bits per heavy atom. The van der Waals surface area contributed by atoms with Gasteiger partial charge in [0.05, 0.1) is 6.54 Å². The van der Waals surface area contributed by atoms with Gasteiger partial charge in [-0.1, -0.05) is 30.7 Å². The van der Waals surface area contributed by atoms with Crippen molar-refractivity contribution in [2.75, 3.05) is 19.6 Å². The molecule has 1 aliphatic rings. The predicted octanol–water partition coefficient (Wildman–Crippen LogP) is 2.52. The summed E-state index contributed by atoms with van der Waals surface area (Å²) in [6, 6.07) is 7.86. The Balaban J connectivity index is 1.98. The molecule has 1 heterocycles. The molecule has 16 heavy (non-hydrogen) atoms. The fourth-order valence-electron chi connectivity index (χ4n) is 2.28. The Morgan fingerprint density at radius 1 is 1.50 bits per heavy atom. The number of likely N-dealkylation sites (tertiary alicyclic amines) is 1. The van der Waals surface area contributed by atoms with E-state index in [0.717, 1.165) is 30.1 Å². The van der Waals surface area contributed by atoms with Crippen molar-refractivity contribution in [3.63, 3.8) is 0 Å². The minimum Gasteiger partial charge on any atom is -0.296 e. The van der Waals surface area contributed by atoms with Gasteiger partial charge in [0, 0.05) is 12.1 Å². The number of benzene rings is 1. The summed E-state index contributed by atoms with van der Waals surface area (Å²) in [6.07, 6.45) is 1.22. The maximum atomic E-state index is 12.0. The van der Waals surface area contributed by atoms with Gasteiger partial charge in [0.25, 0.3) is 0 Å². The van der Waals surface area contributed by atoms with Crippen molar-refractivity contribution in [2.24, 2.45) is 5.92 Å². The highest BCUT2D eigenvalue weighted by molar-refractivity contribution is 5.97. The molecule has 0 radical (unpaired) electrons. The molecule has 0 aromatic heterocycles. The number of nitrogens with zero attached hydrogens (tertiary/aromatic N) is 1. The number of aryl methyl sites for hydroxylation is 1. The van der Waals surface area contributed by atoms with Gasteiger partial charge >= 0.3 is 0 Å². The van der Waals surface area contributed by atoms with E-state index in [1.165, 1.54) is 6.42 Å². The highest BCUT2D eigenvalue weighted by Crippen LogP contribution is 2.15. The summed E-state index contributed by atoms with van der Waals surface area (Å²) in [6.45, 7) is 6.98. The van der Waals surface area contributed by atoms with Gasteiger partial charge in [-0.05, 0) is 31.9 Å². The number of hydrogen-bond donors (Lipinski definition) is 0. The first kappa shape index (κ1) is 11.3. The van der Waals surface area contributed by atoms with E-state index >= 15 is 0 Å². The van der Waals surface area contributed by atoms with Crippen molar-refractivity contribution in [1.29, 1.82) is 0 Å². The van der Waals surface area contributed by atoms with E-state index < -0.39 is 0 Å². The summed E-state index contributed by atoms with van der Waals surface area (Å²) in [7, 11) is 0. The number of carbonyl (C=O) groups is 1. The Bertz CT molecular complexity index is 386. The van der Waals surface area contributed by atoms with E-state index in [0.29, 0.717) is 6.54 Å². The number of rotatable bonds is 3. The quantitative estimate of drug-likeness (QED) is 0.725. The van der Waals surface area contributed by atoms with Crippen molar-refractivity contribution in [3.05, 3.63) is 35.4 Å². The van der Waals surface area contributed by atoms with Crippen LogP contribution in [0.4, 0.5) is 0 Å². The normalized spacial score (nSPS) is 21.2. The van der Waals surface area contributed by atoms with Crippen LogP contribution < -0.4 is 0 Å². The lowest BCUT2D eigenvalue weighted by atomic mass is 10.1. The van der Waals surface area contributed by atoms with Crippen LogP contribution in [0.25, 0.3) is 0 Å². The monoisotopic (exact) mass is 217 g/mol. The van der Waals surface area contributed by atoms with Crippen LogP contribution in [0, 0.1) is 12.8 Å². The Labute approximate surface area is 97.3 Å². The molecule has 0 amide bonds. The van der Waals surface area contributed by atoms with Crippen molar-refractivity contribution in [1.82, 2.24) is 4.90 Å². The lowest BCUT2D eigenvalue weighted by Gasteiger charge is -2.14. The third kappa shape index (κ3) is 2.70. The van der Waals surface area contributed by atoms with Crippen LogP contribution in [-0.2, 0) is 0 Å². The number of ketones is 1. The summed E-state index contributed by atoms with van der Waals surface area (Å²) < 4.78 is 0. The average molecular weight is 217 g/mol.